The number of hydrogen-bond acceptors (Lipinski definition) is 2. The van der Waals surface area contributed by atoms with E-state index in [1.165, 1.54) is 10.7 Å². The minimum absolute atomic E-state index is 0.353. The first-order valence-corrected chi connectivity index (χ1v) is 7.32. The summed E-state index contributed by atoms with van der Waals surface area (Å²) < 4.78 is 39.8. The predicted octanol–water partition coefficient (Wildman–Crippen LogP) is 5.05. The SMILES string of the molecule is Cc1[c]c(C)cc(Nc2ccn(-c3cccc(C(F)(F)F)c3)n2)c1. The lowest BCUT2D eigenvalue weighted by molar-refractivity contribution is -0.137. The molecule has 0 amide bonds. The van der Waals surface area contributed by atoms with Crippen LogP contribution in [0.2, 0.25) is 0 Å². The summed E-state index contributed by atoms with van der Waals surface area (Å²) in [7, 11) is 0. The number of anilines is 2. The molecule has 0 saturated heterocycles. The molecule has 24 heavy (non-hydrogen) atoms. The van der Waals surface area contributed by atoms with Gasteiger partial charge in [0.25, 0.3) is 0 Å². The average Bonchev–Trinajstić information content (AvgIpc) is 2.94. The highest BCUT2D eigenvalue weighted by Crippen LogP contribution is 2.30. The van der Waals surface area contributed by atoms with Gasteiger partial charge in [0.05, 0.1) is 11.3 Å². The molecule has 0 aliphatic heterocycles. The third-order valence-electron chi connectivity index (χ3n) is 3.44. The Labute approximate surface area is 137 Å². The minimum Gasteiger partial charge on any atom is -0.339 e. The van der Waals surface area contributed by atoms with Gasteiger partial charge in [0.15, 0.2) is 5.82 Å². The van der Waals surface area contributed by atoms with Crippen molar-refractivity contribution in [1.82, 2.24) is 9.78 Å². The Morgan fingerprint density at radius 3 is 2.42 bits per heavy atom. The molecule has 1 aromatic heterocycles. The van der Waals surface area contributed by atoms with Gasteiger partial charge in [-0.15, -0.1) is 0 Å². The quantitative estimate of drug-likeness (QED) is 0.728. The van der Waals surface area contributed by atoms with Gasteiger partial charge in [0, 0.05) is 18.0 Å². The zero-order valence-electron chi connectivity index (χ0n) is 13.1. The highest BCUT2D eigenvalue weighted by molar-refractivity contribution is 5.58. The van der Waals surface area contributed by atoms with Gasteiger partial charge in [-0.3, -0.25) is 0 Å². The Morgan fingerprint density at radius 1 is 1.04 bits per heavy atom. The number of alkyl halides is 3. The fraction of sp³-hybridized carbons (Fsp3) is 0.167. The van der Waals surface area contributed by atoms with Crippen LogP contribution in [-0.2, 0) is 6.18 Å². The first-order chi connectivity index (χ1) is 11.3. The molecule has 3 aromatic rings. The van der Waals surface area contributed by atoms with E-state index >= 15 is 0 Å². The van der Waals surface area contributed by atoms with Gasteiger partial charge < -0.3 is 5.32 Å². The fourth-order valence-electron chi connectivity index (χ4n) is 2.47. The van der Waals surface area contributed by atoms with Crippen molar-refractivity contribution in [2.45, 2.75) is 20.0 Å². The smallest absolute Gasteiger partial charge is 0.339 e. The maximum absolute atomic E-state index is 12.8. The molecular weight excluding hydrogens is 315 g/mol. The molecule has 1 heterocycles. The van der Waals surface area contributed by atoms with Crippen LogP contribution in [-0.4, -0.2) is 9.78 Å². The van der Waals surface area contributed by atoms with E-state index in [0.29, 0.717) is 11.5 Å². The minimum atomic E-state index is -4.38. The van der Waals surface area contributed by atoms with E-state index in [-0.39, 0.29) is 0 Å². The van der Waals surface area contributed by atoms with Crippen LogP contribution in [0.25, 0.3) is 5.69 Å². The molecule has 3 nitrogen and oxygen atoms in total. The van der Waals surface area contributed by atoms with Crippen LogP contribution in [0.5, 0.6) is 0 Å². The van der Waals surface area contributed by atoms with Crippen molar-refractivity contribution >= 4 is 11.5 Å². The first-order valence-electron chi connectivity index (χ1n) is 7.32. The Morgan fingerprint density at radius 2 is 1.75 bits per heavy atom. The number of aromatic nitrogens is 2. The van der Waals surface area contributed by atoms with E-state index in [2.05, 4.69) is 16.5 Å². The second-order valence-electron chi connectivity index (χ2n) is 5.55. The standard InChI is InChI=1S/C18H15F3N3/c1-12-8-13(2)10-15(9-12)22-17-6-7-24(23-17)16-5-3-4-14(11-16)18(19,20)21/h3-7,9-11H,1-2H3,(H,22,23). The maximum atomic E-state index is 12.8. The molecule has 0 atom stereocenters. The Hall–Kier alpha value is -2.76. The number of nitrogens with zero attached hydrogens (tertiary/aromatic N) is 2. The topological polar surface area (TPSA) is 29.9 Å². The number of aryl methyl sites for hydroxylation is 2. The Balaban J connectivity index is 1.86. The zero-order valence-corrected chi connectivity index (χ0v) is 13.1. The van der Waals surface area contributed by atoms with Gasteiger partial charge in [0.2, 0.25) is 0 Å². The third kappa shape index (κ3) is 3.59. The van der Waals surface area contributed by atoms with Crippen LogP contribution in [0.4, 0.5) is 24.7 Å². The van der Waals surface area contributed by atoms with Gasteiger partial charge in [-0.05, 0) is 61.4 Å². The van der Waals surface area contributed by atoms with Gasteiger partial charge in [0.1, 0.15) is 0 Å². The summed E-state index contributed by atoms with van der Waals surface area (Å²) in [6.07, 6.45) is -2.76. The molecule has 0 aliphatic rings. The molecular formula is C18H15F3N3. The number of halogens is 3. The zero-order chi connectivity index (χ0) is 17.3. The lowest BCUT2D eigenvalue weighted by Gasteiger charge is -2.09. The predicted molar refractivity (Wildman–Crippen MR) is 86.6 cm³/mol. The summed E-state index contributed by atoms with van der Waals surface area (Å²) >= 11 is 0. The van der Waals surface area contributed by atoms with E-state index in [1.54, 1.807) is 18.3 Å². The molecule has 0 unspecified atom stereocenters. The monoisotopic (exact) mass is 330 g/mol. The highest BCUT2D eigenvalue weighted by atomic mass is 19.4. The van der Waals surface area contributed by atoms with Crippen LogP contribution in [0.15, 0.2) is 48.7 Å². The van der Waals surface area contributed by atoms with Gasteiger partial charge in [-0.2, -0.15) is 18.3 Å². The number of rotatable bonds is 3. The Bertz CT molecular complexity index is 846. The number of hydrogen-bond donors (Lipinski definition) is 1. The normalized spacial score (nSPS) is 11.5. The van der Waals surface area contributed by atoms with Crippen molar-refractivity contribution in [3.05, 3.63) is 71.4 Å². The van der Waals surface area contributed by atoms with Crippen molar-refractivity contribution in [2.24, 2.45) is 0 Å². The molecule has 3 rings (SSSR count). The molecule has 1 radical (unpaired) electrons. The van der Waals surface area contributed by atoms with E-state index < -0.39 is 11.7 Å². The van der Waals surface area contributed by atoms with Crippen molar-refractivity contribution in [2.75, 3.05) is 5.32 Å². The molecule has 0 aliphatic carbocycles. The largest absolute Gasteiger partial charge is 0.416 e. The van der Waals surface area contributed by atoms with Gasteiger partial charge >= 0.3 is 6.18 Å². The molecule has 6 heteroatoms. The molecule has 2 aromatic carbocycles. The molecule has 0 saturated carbocycles. The van der Waals surface area contributed by atoms with E-state index in [9.17, 15) is 13.2 Å². The lowest BCUT2D eigenvalue weighted by atomic mass is 10.1. The molecule has 0 fully saturated rings. The van der Waals surface area contributed by atoms with Crippen LogP contribution in [0, 0.1) is 19.9 Å². The van der Waals surface area contributed by atoms with Crippen LogP contribution < -0.4 is 5.32 Å². The summed E-state index contributed by atoms with van der Waals surface area (Å²) in [4.78, 5) is 0. The molecule has 0 spiro atoms. The van der Waals surface area contributed by atoms with Crippen molar-refractivity contribution in [3.8, 4) is 5.69 Å². The van der Waals surface area contributed by atoms with E-state index in [4.69, 9.17) is 0 Å². The fourth-order valence-corrected chi connectivity index (χ4v) is 2.47. The average molecular weight is 330 g/mol. The number of benzene rings is 2. The summed E-state index contributed by atoms with van der Waals surface area (Å²) in [5, 5.41) is 7.43. The highest BCUT2D eigenvalue weighted by Gasteiger charge is 2.30. The van der Waals surface area contributed by atoms with Crippen LogP contribution >= 0.6 is 0 Å². The maximum Gasteiger partial charge on any atom is 0.416 e. The van der Waals surface area contributed by atoms with E-state index in [1.807, 2.05) is 26.0 Å². The van der Waals surface area contributed by atoms with Crippen LogP contribution in [0.3, 0.4) is 0 Å². The second kappa shape index (κ2) is 6.03. The summed E-state index contributed by atoms with van der Waals surface area (Å²) in [5.41, 5.74) is 2.50. The van der Waals surface area contributed by atoms with E-state index in [0.717, 1.165) is 28.9 Å². The van der Waals surface area contributed by atoms with Crippen molar-refractivity contribution in [1.29, 1.82) is 0 Å². The molecule has 0 bridgehead atoms. The lowest BCUT2D eigenvalue weighted by Crippen LogP contribution is -2.06. The van der Waals surface area contributed by atoms with Crippen LogP contribution in [0.1, 0.15) is 16.7 Å². The number of nitrogens with one attached hydrogen (secondary N) is 1. The van der Waals surface area contributed by atoms with Gasteiger partial charge in [-0.25, -0.2) is 4.68 Å². The molecule has 1 N–H and O–H groups in total. The van der Waals surface area contributed by atoms with Crippen molar-refractivity contribution in [3.63, 3.8) is 0 Å². The summed E-state index contributed by atoms with van der Waals surface area (Å²) in [6, 6.07) is 13.8. The summed E-state index contributed by atoms with van der Waals surface area (Å²) in [5.74, 6) is 0.553. The first kappa shape index (κ1) is 16.1. The van der Waals surface area contributed by atoms with Crippen molar-refractivity contribution < 1.29 is 13.2 Å². The van der Waals surface area contributed by atoms with Gasteiger partial charge in [-0.1, -0.05) is 6.07 Å². The second-order valence-corrected chi connectivity index (χ2v) is 5.55. The molecule has 123 valence electrons. The third-order valence-corrected chi connectivity index (χ3v) is 3.44. The summed E-state index contributed by atoms with van der Waals surface area (Å²) in [6.45, 7) is 3.89. The Kier molecular flexibility index (Phi) is 4.05.